The summed E-state index contributed by atoms with van der Waals surface area (Å²) in [7, 11) is -2.25. The molecule has 1 aliphatic rings. The number of amides is 2. The highest BCUT2D eigenvalue weighted by Crippen LogP contribution is 2.28. The van der Waals surface area contributed by atoms with Gasteiger partial charge >= 0.3 is 0 Å². The van der Waals surface area contributed by atoms with Crippen molar-refractivity contribution < 1.29 is 27.1 Å². The smallest absolute Gasteiger partial charge is 0.253 e. The molecule has 1 fully saturated rings. The molecule has 0 saturated carbocycles. The van der Waals surface area contributed by atoms with Crippen molar-refractivity contribution in [2.75, 3.05) is 30.8 Å². The Kier molecular flexibility index (Phi) is 7.02. The molecule has 1 saturated heterocycles. The first-order chi connectivity index (χ1) is 15.1. The molecule has 0 bridgehead atoms. The van der Waals surface area contributed by atoms with E-state index in [1.807, 2.05) is 0 Å². The third kappa shape index (κ3) is 5.37. The Morgan fingerprint density at radius 2 is 1.78 bits per heavy atom. The molecular formula is C22H26FN3O5S. The Hall–Kier alpha value is -3.14. The Bertz CT molecular complexity index is 1100. The minimum Gasteiger partial charge on any atom is -0.496 e. The zero-order valence-electron chi connectivity index (χ0n) is 18.0. The van der Waals surface area contributed by atoms with Crippen LogP contribution >= 0.6 is 0 Å². The summed E-state index contributed by atoms with van der Waals surface area (Å²) >= 11 is 0. The molecule has 2 amide bonds. The molecule has 0 unspecified atom stereocenters. The van der Waals surface area contributed by atoms with E-state index in [4.69, 9.17) is 10.5 Å². The number of carbonyl (C=O) groups is 2. The summed E-state index contributed by atoms with van der Waals surface area (Å²) in [5.41, 5.74) is 6.52. The van der Waals surface area contributed by atoms with Gasteiger partial charge in [0.05, 0.1) is 25.6 Å². The van der Waals surface area contributed by atoms with E-state index < -0.39 is 15.8 Å². The number of carbonyl (C=O) groups excluding carboxylic acids is 2. The number of halogens is 1. The highest BCUT2D eigenvalue weighted by Gasteiger charge is 2.27. The number of nitrogens with two attached hydrogens (primary N) is 1. The summed E-state index contributed by atoms with van der Waals surface area (Å²) < 4.78 is 44.7. The van der Waals surface area contributed by atoms with Gasteiger partial charge in [0, 0.05) is 30.1 Å². The van der Waals surface area contributed by atoms with Crippen molar-refractivity contribution in [3.05, 3.63) is 59.4 Å². The lowest BCUT2D eigenvalue weighted by molar-refractivity contribution is -0.123. The third-order valence-electron chi connectivity index (χ3n) is 5.54. The molecule has 2 N–H and O–H groups in total. The van der Waals surface area contributed by atoms with Gasteiger partial charge < -0.3 is 15.4 Å². The van der Waals surface area contributed by atoms with Crippen LogP contribution in [0.25, 0.3) is 0 Å². The maximum absolute atomic E-state index is 13.3. The maximum atomic E-state index is 13.3. The van der Waals surface area contributed by atoms with E-state index >= 15 is 0 Å². The van der Waals surface area contributed by atoms with Crippen LogP contribution in [-0.4, -0.2) is 51.6 Å². The summed E-state index contributed by atoms with van der Waals surface area (Å²) in [6.45, 7) is 0.732. The summed E-state index contributed by atoms with van der Waals surface area (Å²) in [4.78, 5) is 26.0. The zero-order valence-corrected chi connectivity index (χ0v) is 18.8. The van der Waals surface area contributed by atoms with Crippen LogP contribution in [-0.2, 0) is 21.4 Å². The van der Waals surface area contributed by atoms with E-state index in [9.17, 15) is 22.4 Å². The highest BCUT2D eigenvalue weighted by molar-refractivity contribution is 7.92. The lowest BCUT2D eigenvalue weighted by Crippen LogP contribution is -2.41. The van der Waals surface area contributed by atoms with E-state index in [0.717, 1.165) is 10.6 Å². The Labute approximate surface area is 186 Å². The molecule has 2 aromatic carbocycles. The van der Waals surface area contributed by atoms with Gasteiger partial charge in [0.1, 0.15) is 11.6 Å². The molecule has 0 radical (unpaired) electrons. The van der Waals surface area contributed by atoms with Gasteiger partial charge in [-0.25, -0.2) is 12.8 Å². The number of nitrogens with zero attached hydrogens (tertiary/aromatic N) is 2. The normalized spacial score (nSPS) is 14.8. The van der Waals surface area contributed by atoms with E-state index in [-0.39, 0.29) is 24.3 Å². The number of rotatable bonds is 7. The number of benzene rings is 2. The van der Waals surface area contributed by atoms with Crippen LogP contribution in [0.1, 0.15) is 28.8 Å². The van der Waals surface area contributed by atoms with Gasteiger partial charge in [-0.3, -0.25) is 13.9 Å². The highest BCUT2D eigenvalue weighted by atomic mass is 32.2. The molecule has 172 valence electrons. The van der Waals surface area contributed by atoms with Gasteiger partial charge in [-0.2, -0.15) is 0 Å². The number of likely N-dealkylation sites (tertiary alicyclic amines) is 1. The fourth-order valence-electron chi connectivity index (χ4n) is 3.75. The maximum Gasteiger partial charge on any atom is 0.253 e. The van der Waals surface area contributed by atoms with E-state index in [1.165, 1.54) is 31.4 Å². The molecule has 0 aliphatic carbocycles. The molecule has 1 heterocycles. The Morgan fingerprint density at radius 3 is 2.31 bits per heavy atom. The molecule has 0 atom stereocenters. The minimum atomic E-state index is -3.71. The molecule has 3 rings (SSSR count). The number of piperidine rings is 1. The third-order valence-corrected chi connectivity index (χ3v) is 6.68. The number of primary amides is 1. The van der Waals surface area contributed by atoms with E-state index in [1.54, 1.807) is 23.1 Å². The average molecular weight is 464 g/mol. The van der Waals surface area contributed by atoms with Gasteiger partial charge in [-0.1, -0.05) is 0 Å². The van der Waals surface area contributed by atoms with Crippen LogP contribution in [0.4, 0.5) is 10.1 Å². The van der Waals surface area contributed by atoms with Crippen LogP contribution in [0.2, 0.25) is 0 Å². The van der Waals surface area contributed by atoms with Crippen LogP contribution < -0.4 is 14.8 Å². The summed E-state index contributed by atoms with van der Waals surface area (Å²) in [6.07, 6.45) is 2.08. The predicted octanol–water partition coefficient (Wildman–Crippen LogP) is 2.14. The topological polar surface area (TPSA) is 110 Å². The Morgan fingerprint density at radius 1 is 1.16 bits per heavy atom. The van der Waals surface area contributed by atoms with Crippen LogP contribution in [0.15, 0.2) is 42.5 Å². The first-order valence-electron chi connectivity index (χ1n) is 10.1. The number of methoxy groups -OCH3 is 1. The summed E-state index contributed by atoms with van der Waals surface area (Å²) in [5.74, 6) is -0.864. The molecule has 0 aromatic heterocycles. The second-order valence-electron chi connectivity index (χ2n) is 7.74. The van der Waals surface area contributed by atoms with Gasteiger partial charge in [0.15, 0.2) is 0 Å². The van der Waals surface area contributed by atoms with Crippen LogP contribution in [0.5, 0.6) is 5.75 Å². The van der Waals surface area contributed by atoms with Gasteiger partial charge in [0.2, 0.25) is 15.9 Å². The number of sulfonamides is 1. The van der Waals surface area contributed by atoms with Crippen molar-refractivity contribution in [3.8, 4) is 5.75 Å². The van der Waals surface area contributed by atoms with Crippen molar-refractivity contribution in [3.63, 3.8) is 0 Å². The first kappa shape index (κ1) is 23.5. The predicted molar refractivity (Wildman–Crippen MR) is 118 cm³/mol. The SMILES string of the molecule is COc1ccc(C(=O)N2CCC(C(N)=O)CC2)cc1CN(c1ccc(F)cc1)S(C)(=O)=O. The molecule has 0 spiro atoms. The Balaban J connectivity index is 1.88. The van der Waals surface area contributed by atoms with Gasteiger partial charge in [-0.05, 0) is 55.3 Å². The fraction of sp³-hybridized carbons (Fsp3) is 0.364. The number of hydrogen-bond acceptors (Lipinski definition) is 5. The second kappa shape index (κ2) is 9.56. The molecular weight excluding hydrogens is 437 g/mol. The molecule has 32 heavy (non-hydrogen) atoms. The fourth-order valence-corrected chi connectivity index (χ4v) is 4.63. The number of ether oxygens (including phenoxy) is 1. The van der Waals surface area contributed by atoms with Gasteiger partial charge in [-0.15, -0.1) is 0 Å². The molecule has 8 nitrogen and oxygen atoms in total. The zero-order chi connectivity index (χ0) is 23.5. The summed E-state index contributed by atoms with van der Waals surface area (Å²) in [6, 6.07) is 9.95. The van der Waals surface area contributed by atoms with Crippen LogP contribution in [0, 0.1) is 11.7 Å². The van der Waals surface area contributed by atoms with Crippen LogP contribution in [0.3, 0.4) is 0 Å². The van der Waals surface area contributed by atoms with E-state index in [2.05, 4.69) is 0 Å². The summed E-state index contributed by atoms with van der Waals surface area (Å²) in [5, 5.41) is 0. The van der Waals surface area contributed by atoms with Crippen molar-refractivity contribution in [2.24, 2.45) is 11.7 Å². The first-order valence-corrected chi connectivity index (χ1v) is 11.9. The lowest BCUT2D eigenvalue weighted by atomic mass is 9.95. The minimum absolute atomic E-state index is 0.0987. The molecule has 10 heteroatoms. The van der Waals surface area contributed by atoms with Crippen molar-refractivity contribution in [1.82, 2.24) is 4.90 Å². The lowest BCUT2D eigenvalue weighted by Gasteiger charge is -2.31. The second-order valence-corrected chi connectivity index (χ2v) is 9.65. The van der Waals surface area contributed by atoms with Gasteiger partial charge in [0.25, 0.3) is 5.91 Å². The number of hydrogen-bond donors (Lipinski definition) is 1. The standard InChI is InChI=1S/C22H26FN3O5S/c1-31-20-8-3-16(22(28)25-11-9-15(10-12-25)21(24)27)13-17(20)14-26(32(2,29)30)19-6-4-18(23)5-7-19/h3-8,13,15H,9-12,14H2,1-2H3,(H2,24,27). The van der Waals surface area contributed by atoms with Crippen molar-refractivity contribution in [2.45, 2.75) is 19.4 Å². The molecule has 2 aromatic rings. The monoisotopic (exact) mass is 463 g/mol. The van der Waals surface area contributed by atoms with Crippen molar-refractivity contribution in [1.29, 1.82) is 0 Å². The average Bonchev–Trinajstić information content (AvgIpc) is 2.77. The van der Waals surface area contributed by atoms with Crippen molar-refractivity contribution >= 4 is 27.5 Å². The largest absolute Gasteiger partial charge is 0.496 e. The van der Waals surface area contributed by atoms with E-state index in [0.29, 0.717) is 48.5 Å². The molecule has 1 aliphatic heterocycles. The number of anilines is 1. The quantitative estimate of drug-likeness (QED) is 0.677.